The summed E-state index contributed by atoms with van der Waals surface area (Å²) < 4.78 is 30.8. The number of hydrogen-bond donors (Lipinski definition) is 0. The van der Waals surface area contributed by atoms with Gasteiger partial charge < -0.3 is 0 Å². The Morgan fingerprint density at radius 3 is 2.60 bits per heavy atom. The number of carbonyl (C=O) groups is 1. The fourth-order valence-electron chi connectivity index (χ4n) is 5.62. The summed E-state index contributed by atoms with van der Waals surface area (Å²) >= 11 is 0. The van der Waals surface area contributed by atoms with Gasteiger partial charge in [-0.1, -0.05) is 39.3 Å². The second kappa shape index (κ2) is 10.3. The lowest BCUT2D eigenvalue weighted by Crippen LogP contribution is -2.47. The Balaban J connectivity index is 1.36. The van der Waals surface area contributed by atoms with Crippen molar-refractivity contribution in [1.82, 2.24) is 9.97 Å². The molecule has 0 N–H and O–H groups in total. The van der Waals surface area contributed by atoms with E-state index in [4.69, 9.17) is 0 Å². The summed E-state index contributed by atoms with van der Waals surface area (Å²) in [4.78, 5) is 28.5. The van der Waals surface area contributed by atoms with Gasteiger partial charge >= 0.3 is 0 Å². The Morgan fingerprint density at radius 1 is 1.18 bits per heavy atom. The van der Waals surface area contributed by atoms with Crippen molar-refractivity contribution in [3.8, 4) is 6.07 Å². The quantitative estimate of drug-likeness (QED) is 0.400. The number of allylic oxidation sites excluding steroid dienone is 3. The first kappa shape index (κ1) is 27.8. The van der Waals surface area contributed by atoms with Crippen molar-refractivity contribution >= 4 is 23.6 Å². The number of nitriles is 1. The first-order chi connectivity index (χ1) is 18.9. The molecule has 6 nitrogen and oxygen atoms in total. The molecule has 2 unspecified atom stereocenters. The third-order valence-electron chi connectivity index (χ3n) is 8.11. The average molecular weight is 543 g/mol. The van der Waals surface area contributed by atoms with E-state index in [-0.39, 0.29) is 37.1 Å². The minimum absolute atomic E-state index is 0.180. The van der Waals surface area contributed by atoms with Gasteiger partial charge in [0.2, 0.25) is 0 Å². The number of rotatable bonds is 6. The highest BCUT2D eigenvalue weighted by Crippen LogP contribution is 2.50. The predicted octanol–water partition coefficient (Wildman–Crippen LogP) is 6.84. The minimum Gasteiger partial charge on any atom is -0.291 e. The van der Waals surface area contributed by atoms with Crippen LogP contribution in [0.5, 0.6) is 0 Å². The predicted molar refractivity (Wildman–Crippen MR) is 152 cm³/mol. The molecule has 1 saturated carbocycles. The number of carbonyl (C=O) groups excluding carboxylic acids is 1. The molecule has 40 heavy (non-hydrogen) atoms. The molecule has 8 heteroatoms. The van der Waals surface area contributed by atoms with Crippen molar-refractivity contribution in [3.05, 3.63) is 77.1 Å². The first-order valence-electron chi connectivity index (χ1n) is 13.7. The summed E-state index contributed by atoms with van der Waals surface area (Å²) in [5.74, 6) is -3.45. The van der Waals surface area contributed by atoms with Crippen LogP contribution < -0.4 is 4.90 Å². The standard InChI is InChI=1S/C32H34F2N5O/c1-30(2,3)27-18-38-28(19-37-27)39(29(40)23-6-7-23)20-31(4)10-11-32(33,34)25(16-31)15-21-9-12-36-26-8-5-22(17-35)14-24(26)13-21/h5-9,12,14,18-19,25H,10-11,13,15-16,20H2,1-4H3. The van der Waals surface area contributed by atoms with E-state index in [1.54, 1.807) is 54.2 Å². The third-order valence-corrected chi connectivity index (χ3v) is 8.11. The number of amides is 1. The van der Waals surface area contributed by atoms with Gasteiger partial charge in [-0.15, -0.1) is 0 Å². The molecule has 1 aromatic carbocycles. The van der Waals surface area contributed by atoms with E-state index in [9.17, 15) is 10.1 Å². The first-order valence-corrected chi connectivity index (χ1v) is 13.7. The largest absolute Gasteiger partial charge is 0.291 e. The van der Waals surface area contributed by atoms with E-state index in [1.807, 2.05) is 33.8 Å². The number of alkyl halides is 2. The molecular weight excluding hydrogens is 508 g/mol. The van der Waals surface area contributed by atoms with Crippen molar-refractivity contribution < 1.29 is 13.6 Å². The Hall–Kier alpha value is -3.73. The summed E-state index contributed by atoms with van der Waals surface area (Å²) in [6.45, 7) is 8.41. The number of nitrogens with zero attached hydrogens (tertiary/aromatic N) is 5. The van der Waals surface area contributed by atoms with Crippen LogP contribution in [-0.4, -0.2) is 34.6 Å². The van der Waals surface area contributed by atoms with Crippen LogP contribution in [0.15, 0.2) is 58.9 Å². The van der Waals surface area contributed by atoms with Gasteiger partial charge in [-0.3, -0.25) is 19.7 Å². The van der Waals surface area contributed by atoms with Gasteiger partial charge in [0.05, 0.1) is 35.4 Å². The van der Waals surface area contributed by atoms with Crippen molar-refractivity contribution in [3.63, 3.8) is 0 Å². The summed E-state index contributed by atoms with van der Waals surface area (Å²) in [6, 6.07) is 7.44. The Labute approximate surface area is 234 Å². The van der Waals surface area contributed by atoms with E-state index in [2.05, 4.69) is 21.0 Å². The van der Waals surface area contributed by atoms with Crippen LogP contribution in [0.3, 0.4) is 0 Å². The molecule has 0 saturated heterocycles. The normalized spacial score (nSPS) is 23.3. The zero-order valence-corrected chi connectivity index (χ0v) is 23.4. The van der Waals surface area contributed by atoms with Crippen LogP contribution in [-0.2, 0) is 16.6 Å². The Bertz CT molecular complexity index is 1450. The lowest BCUT2D eigenvalue weighted by atomic mass is 9.67. The highest BCUT2D eigenvalue weighted by atomic mass is 19.3. The van der Waals surface area contributed by atoms with E-state index in [0.717, 1.165) is 22.5 Å². The smallest absolute Gasteiger partial charge is 0.255 e. The lowest BCUT2D eigenvalue weighted by Gasteiger charge is -2.44. The number of aliphatic imine (C=N–C) groups is 1. The Morgan fingerprint density at radius 2 is 1.95 bits per heavy atom. The second-order valence-corrected chi connectivity index (χ2v) is 12.6. The third kappa shape index (κ3) is 6.04. The molecule has 2 heterocycles. The molecule has 0 spiro atoms. The molecule has 1 fully saturated rings. The van der Waals surface area contributed by atoms with Crippen molar-refractivity contribution in [1.29, 1.82) is 5.26 Å². The van der Waals surface area contributed by atoms with Gasteiger partial charge in [0.25, 0.3) is 11.8 Å². The maximum Gasteiger partial charge on any atom is 0.255 e. The SMILES string of the molecule is CC1(CN(C(=O)C2=C[CH]2)c2cnc(C(C)(C)C)cn2)CCC(F)(F)C(CC2=CC=Nc3ccc(C#N)cc3C2)C1. The van der Waals surface area contributed by atoms with Gasteiger partial charge in [-0.05, 0) is 60.9 Å². The molecule has 0 bridgehead atoms. The monoisotopic (exact) mass is 542 g/mol. The fraction of sp³-hybridized carbons (Fsp3) is 0.438. The molecule has 2 atom stereocenters. The topological polar surface area (TPSA) is 82.2 Å². The molecule has 1 aliphatic heterocycles. The molecule has 1 aromatic heterocycles. The van der Waals surface area contributed by atoms with Crippen LogP contribution >= 0.6 is 0 Å². The molecule has 2 aliphatic carbocycles. The molecule has 5 rings (SSSR count). The highest BCUT2D eigenvalue weighted by molar-refractivity contribution is 6.10. The van der Waals surface area contributed by atoms with Crippen LogP contribution in [0.1, 0.15) is 70.2 Å². The second-order valence-electron chi connectivity index (χ2n) is 12.6. The number of benzene rings is 1. The van der Waals surface area contributed by atoms with Gasteiger partial charge in [0.1, 0.15) is 0 Å². The summed E-state index contributed by atoms with van der Waals surface area (Å²) in [6.07, 6.45) is 11.3. The molecule has 3 aliphatic rings. The van der Waals surface area contributed by atoms with E-state index in [1.165, 1.54) is 0 Å². The van der Waals surface area contributed by atoms with Crippen molar-refractivity contribution in [2.45, 2.75) is 71.1 Å². The van der Waals surface area contributed by atoms with E-state index in [0.29, 0.717) is 29.8 Å². The van der Waals surface area contributed by atoms with Crippen LogP contribution in [0.2, 0.25) is 0 Å². The number of fused-ring (bicyclic) bond motifs is 1. The number of hydrogen-bond acceptors (Lipinski definition) is 5. The lowest BCUT2D eigenvalue weighted by molar-refractivity contribution is -0.119. The van der Waals surface area contributed by atoms with E-state index < -0.39 is 17.3 Å². The molecule has 2 aromatic rings. The minimum atomic E-state index is -2.82. The van der Waals surface area contributed by atoms with Crippen LogP contribution in [0, 0.1) is 29.1 Å². The molecular formula is C32H34F2N5O. The van der Waals surface area contributed by atoms with Crippen molar-refractivity contribution in [2.24, 2.45) is 16.3 Å². The average Bonchev–Trinajstić information content (AvgIpc) is 3.76. The summed E-state index contributed by atoms with van der Waals surface area (Å²) in [5.41, 5.74) is 3.70. The maximum absolute atomic E-state index is 15.4. The van der Waals surface area contributed by atoms with Crippen LogP contribution in [0.4, 0.5) is 20.3 Å². The van der Waals surface area contributed by atoms with E-state index >= 15 is 8.78 Å². The summed E-state index contributed by atoms with van der Waals surface area (Å²) in [5, 5.41) is 9.30. The Kier molecular flexibility index (Phi) is 7.20. The zero-order valence-electron chi connectivity index (χ0n) is 23.4. The molecule has 207 valence electrons. The maximum atomic E-state index is 15.4. The zero-order chi connectivity index (χ0) is 28.7. The van der Waals surface area contributed by atoms with Gasteiger partial charge in [0.15, 0.2) is 5.82 Å². The number of aromatic nitrogens is 2. The fourth-order valence-corrected chi connectivity index (χ4v) is 5.62. The van der Waals surface area contributed by atoms with Crippen LogP contribution in [0.25, 0.3) is 0 Å². The van der Waals surface area contributed by atoms with Gasteiger partial charge in [0, 0.05) is 42.5 Å². The summed E-state index contributed by atoms with van der Waals surface area (Å²) in [7, 11) is 0. The van der Waals surface area contributed by atoms with Gasteiger partial charge in [-0.2, -0.15) is 5.26 Å². The van der Waals surface area contributed by atoms with Crippen molar-refractivity contribution in [2.75, 3.05) is 11.4 Å². The number of halogens is 2. The van der Waals surface area contributed by atoms with Gasteiger partial charge in [-0.25, -0.2) is 13.8 Å². The molecule has 1 radical (unpaired) electrons. The molecule has 1 amide bonds. The number of anilines is 1. The highest BCUT2D eigenvalue weighted by Gasteiger charge is 2.50.